The molecule has 2 atom stereocenters. The number of nitro groups is 1. The van der Waals surface area contributed by atoms with Gasteiger partial charge in [-0.1, -0.05) is 12.8 Å². The molecule has 1 unspecified atom stereocenters. The molecule has 126 valence electrons. The highest BCUT2D eigenvalue weighted by Gasteiger charge is 2.16. The van der Waals surface area contributed by atoms with Crippen LogP contribution in [0.5, 0.6) is 0 Å². The van der Waals surface area contributed by atoms with Gasteiger partial charge in [-0.15, -0.1) is 0 Å². The van der Waals surface area contributed by atoms with E-state index < -0.39 is 16.9 Å². The van der Waals surface area contributed by atoms with Crippen LogP contribution in [0.15, 0.2) is 12.2 Å². The molecule has 0 fully saturated rings. The summed E-state index contributed by atoms with van der Waals surface area (Å²) in [5.74, 6) is -0.870. The Morgan fingerprint density at radius 2 is 1.77 bits per heavy atom. The van der Waals surface area contributed by atoms with E-state index in [1.165, 1.54) is 20.1 Å². The normalized spacial score (nSPS) is 13.6. The number of esters is 2. The van der Waals surface area contributed by atoms with E-state index in [2.05, 4.69) is 4.74 Å². The number of hydrogen-bond acceptors (Lipinski definition) is 6. The quantitative estimate of drug-likeness (QED) is 0.191. The van der Waals surface area contributed by atoms with Gasteiger partial charge < -0.3 is 9.47 Å². The van der Waals surface area contributed by atoms with E-state index in [4.69, 9.17) is 4.74 Å². The lowest BCUT2D eigenvalue weighted by Gasteiger charge is -2.11. The standard InChI is InChI=1S/C15H25NO6/c1-12(22-13(2)17)8-6-4-5-7-9-14(16(19)20)10-11-15(18)21-3/h10-12,14H,4-9H2,1-3H3/b11-10+/t12-,14?/m1/s1. The number of hydrogen-bond donors (Lipinski definition) is 0. The average Bonchev–Trinajstić information content (AvgIpc) is 2.43. The molecule has 0 aliphatic rings. The Morgan fingerprint density at radius 1 is 1.18 bits per heavy atom. The summed E-state index contributed by atoms with van der Waals surface area (Å²) in [6.45, 7) is 3.23. The first-order valence-electron chi connectivity index (χ1n) is 7.43. The monoisotopic (exact) mass is 315 g/mol. The fourth-order valence-electron chi connectivity index (χ4n) is 2.01. The van der Waals surface area contributed by atoms with Gasteiger partial charge in [-0.25, -0.2) is 4.79 Å². The lowest BCUT2D eigenvalue weighted by atomic mass is 10.1. The van der Waals surface area contributed by atoms with E-state index in [-0.39, 0.29) is 12.1 Å². The number of rotatable bonds is 11. The molecule has 0 rings (SSSR count). The Balaban J connectivity index is 3.86. The molecule has 0 aromatic carbocycles. The van der Waals surface area contributed by atoms with E-state index >= 15 is 0 Å². The average molecular weight is 315 g/mol. The Kier molecular flexibility index (Phi) is 10.7. The molecule has 7 heteroatoms. The van der Waals surface area contributed by atoms with Crippen molar-refractivity contribution in [1.82, 2.24) is 0 Å². The minimum atomic E-state index is -0.862. The molecule has 0 N–H and O–H groups in total. The smallest absolute Gasteiger partial charge is 0.330 e. The van der Waals surface area contributed by atoms with Crippen molar-refractivity contribution in [2.24, 2.45) is 0 Å². The van der Waals surface area contributed by atoms with Gasteiger partial charge >= 0.3 is 11.9 Å². The molecule has 0 spiro atoms. The molecule has 0 radical (unpaired) electrons. The van der Waals surface area contributed by atoms with Gasteiger partial charge in [-0.2, -0.15) is 0 Å². The third-order valence-electron chi connectivity index (χ3n) is 3.15. The predicted molar refractivity (Wildman–Crippen MR) is 80.9 cm³/mol. The maximum absolute atomic E-state index is 10.9. The van der Waals surface area contributed by atoms with Crippen LogP contribution in [-0.4, -0.2) is 36.1 Å². The van der Waals surface area contributed by atoms with E-state index in [1.807, 2.05) is 6.92 Å². The lowest BCUT2D eigenvalue weighted by molar-refractivity contribution is -0.510. The SMILES string of the molecule is COC(=O)/C=C/C(CCCCCC[C@@H](C)OC(C)=O)[N+](=O)[O-]. The molecule has 0 aromatic rings. The first kappa shape index (κ1) is 20.1. The minimum absolute atomic E-state index is 0.0907. The first-order chi connectivity index (χ1) is 10.4. The van der Waals surface area contributed by atoms with Crippen molar-refractivity contribution in [3.8, 4) is 0 Å². The highest BCUT2D eigenvalue weighted by molar-refractivity contribution is 5.81. The van der Waals surface area contributed by atoms with Crippen LogP contribution in [0.3, 0.4) is 0 Å². The third-order valence-corrected chi connectivity index (χ3v) is 3.15. The van der Waals surface area contributed by atoms with E-state index in [9.17, 15) is 19.7 Å². The molecule has 0 aromatic heterocycles. The van der Waals surface area contributed by atoms with Crippen molar-refractivity contribution >= 4 is 11.9 Å². The fourth-order valence-corrected chi connectivity index (χ4v) is 2.01. The largest absolute Gasteiger partial charge is 0.466 e. The molecule has 0 bridgehead atoms. The molecule has 0 heterocycles. The van der Waals surface area contributed by atoms with Gasteiger partial charge in [-0.05, 0) is 32.3 Å². The summed E-state index contributed by atoms with van der Waals surface area (Å²) in [5, 5.41) is 10.9. The van der Waals surface area contributed by atoms with Gasteiger partial charge in [0.05, 0.1) is 13.2 Å². The molecule has 0 amide bonds. The van der Waals surface area contributed by atoms with Crippen molar-refractivity contribution in [2.45, 2.75) is 64.5 Å². The van der Waals surface area contributed by atoms with Crippen molar-refractivity contribution in [3.63, 3.8) is 0 Å². The number of nitrogens with zero attached hydrogens (tertiary/aromatic N) is 1. The second kappa shape index (κ2) is 11.7. The van der Waals surface area contributed by atoms with Gasteiger partial charge in [0.1, 0.15) is 0 Å². The summed E-state index contributed by atoms with van der Waals surface area (Å²) in [7, 11) is 1.23. The molecular formula is C15H25NO6. The van der Waals surface area contributed by atoms with Crippen LogP contribution < -0.4 is 0 Å². The Hall–Kier alpha value is -1.92. The van der Waals surface area contributed by atoms with Crippen LogP contribution in [0.4, 0.5) is 0 Å². The Bertz CT molecular complexity index is 393. The van der Waals surface area contributed by atoms with Gasteiger partial charge in [0.15, 0.2) is 0 Å². The minimum Gasteiger partial charge on any atom is -0.466 e. The summed E-state index contributed by atoms with van der Waals surface area (Å²) >= 11 is 0. The summed E-state index contributed by atoms with van der Waals surface area (Å²) in [6, 6.07) is -0.862. The van der Waals surface area contributed by atoms with Gasteiger partial charge in [-0.3, -0.25) is 14.9 Å². The maximum Gasteiger partial charge on any atom is 0.330 e. The number of methoxy groups -OCH3 is 1. The molecule has 0 aliphatic heterocycles. The highest BCUT2D eigenvalue weighted by atomic mass is 16.6. The second-order valence-corrected chi connectivity index (χ2v) is 5.15. The molecule has 0 aliphatic carbocycles. The summed E-state index contributed by atoms with van der Waals surface area (Å²) in [4.78, 5) is 32.1. The topological polar surface area (TPSA) is 95.7 Å². The van der Waals surface area contributed by atoms with Crippen molar-refractivity contribution in [1.29, 1.82) is 0 Å². The number of ether oxygens (including phenoxy) is 2. The zero-order valence-electron chi connectivity index (χ0n) is 13.4. The summed E-state index contributed by atoms with van der Waals surface area (Å²) in [5.41, 5.74) is 0. The number of unbranched alkanes of at least 4 members (excludes halogenated alkanes) is 3. The van der Waals surface area contributed by atoms with E-state index in [0.717, 1.165) is 31.8 Å². The van der Waals surface area contributed by atoms with Crippen molar-refractivity contribution < 1.29 is 24.0 Å². The van der Waals surface area contributed by atoms with Crippen LogP contribution in [-0.2, 0) is 19.1 Å². The highest BCUT2D eigenvalue weighted by Crippen LogP contribution is 2.12. The summed E-state index contributed by atoms with van der Waals surface area (Å²) in [6.07, 6.45) is 6.87. The first-order valence-corrected chi connectivity index (χ1v) is 7.43. The predicted octanol–water partition coefficient (Wildman–Crippen LogP) is 2.65. The molecule has 7 nitrogen and oxygen atoms in total. The molecule has 0 saturated heterocycles. The second-order valence-electron chi connectivity index (χ2n) is 5.15. The fraction of sp³-hybridized carbons (Fsp3) is 0.733. The molecule has 22 heavy (non-hydrogen) atoms. The number of carbonyl (C=O) groups excluding carboxylic acids is 2. The van der Waals surface area contributed by atoms with E-state index in [0.29, 0.717) is 12.8 Å². The number of carbonyl (C=O) groups is 2. The van der Waals surface area contributed by atoms with Crippen molar-refractivity contribution in [3.05, 3.63) is 22.3 Å². The van der Waals surface area contributed by atoms with Gasteiger partial charge in [0.2, 0.25) is 6.04 Å². The van der Waals surface area contributed by atoms with Crippen LogP contribution in [0, 0.1) is 10.1 Å². The lowest BCUT2D eigenvalue weighted by Crippen LogP contribution is -2.17. The van der Waals surface area contributed by atoms with Crippen LogP contribution in [0.2, 0.25) is 0 Å². The summed E-state index contributed by atoms with van der Waals surface area (Å²) < 4.78 is 9.41. The van der Waals surface area contributed by atoms with Gasteiger partial charge in [0.25, 0.3) is 0 Å². The van der Waals surface area contributed by atoms with Crippen LogP contribution >= 0.6 is 0 Å². The zero-order chi connectivity index (χ0) is 17.0. The molecular weight excluding hydrogens is 290 g/mol. The molecule has 0 saturated carbocycles. The Labute approximate surface area is 130 Å². The zero-order valence-corrected chi connectivity index (χ0v) is 13.4. The van der Waals surface area contributed by atoms with Crippen LogP contribution in [0.1, 0.15) is 52.4 Å². The van der Waals surface area contributed by atoms with Gasteiger partial charge in [0, 0.05) is 24.3 Å². The van der Waals surface area contributed by atoms with Crippen LogP contribution in [0.25, 0.3) is 0 Å². The van der Waals surface area contributed by atoms with E-state index in [1.54, 1.807) is 0 Å². The Morgan fingerprint density at radius 3 is 2.27 bits per heavy atom. The maximum atomic E-state index is 10.9. The third kappa shape index (κ3) is 10.8. The van der Waals surface area contributed by atoms with Crippen molar-refractivity contribution in [2.75, 3.05) is 7.11 Å².